The Morgan fingerprint density at radius 1 is 1.60 bits per heavy atom. The van der Waals surface area contributed by atoms with Gasteiger partial charge < -0.3 is 19.3 Å². The van der Waals surface area contributed by atoms with Crippen molar-refractivity contribution in [1.82, 2.24) is 15.5 Å². The van der Waals surface area contributed by atoms with Crippen LogP contribution in [0.15, 0.2) is 4.52 Å². The van der Waals surface area contributed by atoms with E-state index in [0.717, 1.165) is 19.7 Å². The molecule has 1 aliphatic rings. The predicted molar refractivity (Wildman–Crippen MR) is 51.3 cm³/mol. The molecule has 1 fully saturated rings. The van der Waals surface area contributed by atoms with Gasteiger partial charge in [-0.25, -0.2) is 0 Å². The molecule has 0 bridgehead atoms. The maximum absolute atomic E-state index is 5.47. The number of morpholine rings is 1. The number of aryl methyl sites for hydroxylation is 1. The zero-order valence-corrected chi connectivity index (χ0v) is 8.73. The number of aromatic nitrogens is 2. The molecule has 2 heterocycles. The fourth-order valence-corrected chi connectivity index (χ4v) is 1.40. The van der Waals surface area contributed by atoms with E-state index in [2.05, 4.69) is 15.5 Å². The van der Waals surface area contributed by atoms with Gasteiger partial charge in [-0.2, -0.15) is 4.98 Å². The first kappa shape index (κ1) is 10.5. The monoisotopic (exact) mass is 213 g/mol. The summed E-state index contributed by atoms with van der Waals surface area (Å²) in [4.78, 5) is 4.03. The van der Waals surface area contributed by atoms with Gasteiger partial charge in [0.2, 0.25) is 0 Å². The summed E-state index contributed by atoms with van der Waals surface area (Å²) < 4.78 is 15.8. The molecule has 0 spiro atoms. The van der Waals surface area contributed by atoms with Crippen molar-refractivity contribution in [2.45, 2.75) is 19.6 Å². The maximum atomic E-state index is 5.47. The van der Waals surface area contributed by atoms with Gasteiger partial charge in [0, 0.05) is 13.1 Å². The fourth-order valence-electron chi connectivity index (χ4n) is 1.40. The molecule has 1 atom stereocenters. The maximum Gasteiger partial charge on any atom is 0.252 e. The Kier molecular flexibility index (Phi) is 3.65. The minimum absolute atomic E-state index is 0.128. The van der Waals surface area contributed by atoms with Crippen LogP contribution in [0.3, 0.4) is 0 Å². The highest BCUT2D eigenvalue weighted by atomic mass is 16.5. The van der Waals surface area contributed by atoms with Gasteiger partial charge in [0.1, 0.15) is 6.61 Å². The molecule has 6 nitrogen and oxygen atoms in total. The molecular weight excluding hydrogens is 198 g/mol. The van der Waals surface area contributed by atoms with Gasteiger partial charge in [-0.15, -0.1) is 0 Å². The third-order valence-corrected chi connectivity index (χ3v) is 2.10. The first-order chi connectivity index (χ1) is 7.34. The second kappa shape index (κ2) is 5.20. The lowest BCUT2D eigenvalue weighted by Crippen LogP contribution is -2.40. The second-order valence-corrected chi connectivity index (χ2v) is 3.45. The van der Waals surface area contributed by atoms with Crippen LogP contribution in [0.1, 0.15) is 11.7 Å². The smallest absolute Gasteiger partial charge is 0.252 e. The number of hydrogen-bond acceptors (Lipinski definition) is 6. The van der Waals surface area contributed by atoms with Crippen molar-refractivity contribution in [1.29, 1.82) is 0 Å². The van der Waals surface area contributed by atoms with Crippen LogP contribution in [0.2, 0.25) is 0 Å². The standard InChI is InChI=1S/C9H15N3O3/c1-7-11-9(15-12-7)6-13-5-8-4-10-2-3-14-8/h8,10H,2-6H2,1H3. The van der Waals surface area contributed by atoms with Crippen molar-refractivity contribution in [3.8, 4) is 0 Å². The topological polar surface area (TPSA) is 69.4 Å². The molecule has 1 aromatic rings. The summed E-state index contributed by atoms with van der Waals surface area (Å²) >= 11 is 0. The van der Waals surface area contributed by atoms with Crippen LogP contribution < -0.4 is 5.32 Å². The lowest BCUT2D eigenvalue weighted by atomic mass is 10.3. The van der Waals surface area contributed by atoms with Crippen molar-refractivity contribution in [2.75, 3.05) is 26.3 Å². The summed E-state index contributed by atoms with van der Waals surface area (Å²) in [7, 11) is 0. The second-order valence-electron chi connectivity index (χ2n) is 3.45. The van der Waals surface area contributed by atoms with Crippen LogP contribution in [-0.4, -0.2) is 42.5 Å². The molecule has 0 saturated carbocycles. The molecule has 1 N–H and O–H groups in total. The Morgan fingerprint density at radius 3 is 3.20 bits per heavy atom. The summed E-state index contributed by atoms with van der Waals surface area (Å²) in [5.41, 5.74) is 0. The third-order valence-electron chi connectivity index (χ3n) is 2.10. The fraction of sp³-hybridized carbons (Fsp3) is 0.778. The summed E-state index contributed by atoms with van der Waals surface area (Å²) in [6.07, 6.45) is 0.128. The van der Waals surface area contributed by atoms with Gasteiger partial charge in [-0.1, -0.05) is 5.16 Å². The van der Waals surface area contributed by atoms with Crippen LogP contribution in [0, 0.1) is 6.92 Å². The molecule has 6 heteroatoms. The Labute approximate surface area is 87.9 Å². The Hall–Kier alpha value is -0.980. The zero-order valence-electron chi connectivity index (χ0n) is 8.73. The quantitative estimate of drug-likeness (QED) is 0.752. The Morgan fingerprint density at radius 2 is 2.53 bits per heavy atom. The average molecular weight is 213 g/mol. The minimum atomic E-state index is 0.128. The van der Waals surface area contributed by atoms with E-state index in [9.17, 15) is 0 Å². The summed E-state index contributed by atoms with van der Waals surface area (Å²) in [5.74, 6) is 1.14. The lowest BCUT2D eigenvalue weighted by Gasteiger charge is -2.22. The van der Waals surface area contributed by atoms with Gasteiger partial charge in [-0.3, -0.25) is 0 Å². The molecule has 0 aliphatic carbocycles. The van der Waals surface area contributed by atoms with E-state index >= 15 is 0 Å². The number of nitrogens with one attached hydrogen (secondary N) is 1. The van der Waals surface area contributed by atoms with Gasteiger partial charge in [0.25, 0.3) is 5.89 Å². The summed E-state index contributed by atoms with van der Waals surface area (Å²) in [6, 6.07) is 0. The molecular formula is C9H15N3O3. The SMILES string of the molecule is Cc1noc(COCC2CNCCO2)n1. The molecule has 1 unspecified atom stereocenters. The Bertz CT molecular complexity index is 297. The first-order valence-corrected chi connectivity index (χ1v) is 5.04. The van der Waals surface area contributed by atoms with Crippen molar-refractivity contribution in [3.63, 3.8) is 0 Å². The van der Waals surface area contributed by atoms with E-state index in [4.69, 9.17) is 14.0 Å². The van der Waals surface area contributed by atoms with Crippen LogP contribution in [0.25, 0.3) is 0 Å². The van der Waals surface area contributed by atoms with Crippen molar-refractivity contribution < 1.29 is 14.0 Å². The number of rotatable bonds is 4. The average Bonchev–Trinajstić information content (AvgIpc) is 2.66. The van der Waals surface area contributed by atoms with Crippen molar-refractivity contribution >= 4 is 0 Å². The number of ether oxygens (including phenoxy) is 2. The molecule has 2 rings (SSSR count). The molecule has 1 aromatic heterocycles. The van der Waals surface area contributed by atoms with Crippen molar-refractivity contribution in [2.24, 2.45) is 0 Å². The van der Waals surface area contributed by atoms with E-state index in [-0.39, 0.29) is 6.10 Å². The largest absolute Gasteiger partial charge is 0.373 e. The minimum Gasteiger partial charge on any atom is -0.373 e. The van der Waals surface area contributed by atoms with E-state index < -0.39 is 0 Å². The van der Waals surface area contributed by atoms with Gasteiger partial charge >= 0.3 is 0 Å². The van der Waals surface area contributed by atoms with Crippen LogP contribution >= 0.6 is 0 Å². The van der Waals surface area contributed by atoms with E-state index in [1.165, 1.54) is 0 Å². The zero-order chi connectivity index (χ0) is 10.5. The van der Waals surface area contributed by atoms with E-state index in [0.29, 0.717) is 24.9 Å². The molecule has 1 aliphatic heterocycles. The molecule has 0 amide bonds. The highest BCUT2D eigenvalue weighted by Gasteiger charge is 2.13. The Balaban J connectivity index is 1.65. The normalized spacial score (nSPS) is 21.8. The molecule has 0 aromatic carbocycles. The van der Waals surface area contributed by atoms with Gasteiger partial charge in [0.15, 0.2) is 5.82 Å². The highest BCUT2D eigenvalue weighted by Crippen LogP contribution is 2.01. The molecule has 15 heavy (non-hydrogen) atoms. The molecule has 0 radical (unpaired) electrons. The van der Waals surface area contributed by atoms with Gasteiger partial charge in [0.05, 0.1) is 19.3 Å². The van der Waals surface area contributed by atoms with E-state index in [1.807, 2.05) is 0 Å². The van der Waals surface area contributed by atoms with Crippen LogP contribution in [0.4, 0.5) is 0 Å². The van der Waals surface area contributed by atoms with Crippen LogP contribution in [-0.2, 0) is 16.1 Å². The van der Waals surface area contributed by atoms with E-state index in [1.54, 1.807) is 6.92 Å². The van der Waals surface area contributed by atoms with Crippen LogP contribution in [0.5, 0.6) is 0 Å². The summed E-state index contributed by atoms with van der Waals surface area (Å²) in [6.45, 7) is 5.17. The van der Waals surface area contributed by atoms with Crippen molar-refractivity contribution in [3.05, 3.63) is 11.7 Å². The number of hydrogen-bond donors (Lipinski definition) is 1. The first-order valence-electron chi connectivity index (χ1n) is 5.04. The highest BCUT2D eigenvalue weighted by molar-refractivity contribution is 4.80. The molecule has 1 saturated heterocycles. The lowest BCUT2D eigenvalue weighted by molar-refractivity contribution is -0.0398. The van der Waals surface area contributed by atoms with Gasteiger partial charge in [-0.05, 0) is 6.92 Å². The molecule has 84 valence electrons. The number of nitrogens with zero attached hydrogens (tertiary/aromatic N) is 2. The summed E-state index contributed by atoms with van der Waals surface area (Å²) in [5, 5.41) is 6.90. The third kappa shape index (κ3) is 3.26. The predicted octanol–water partition coefficient (Wildman–Crippen LogP) is -0.117.